The first-order valence-electron chi connectivity index (χ1n) is 7.14. The lowest BCUT2D eigenvalue weighted by atomic mass is 9.96. The molecule has 5 heteroatoms. The number of nitrogens with zero attached hydrogens (tertiary/aromatic N) is 3. The zero-order chi connectivity index (χ0) is 14.0. The van der Waals surface area contributed by atoms with Gasteiger partial charge in [0.05, 0.1) is 0 Å². The zero-order valence-corrected chi connectivity index (χ0v) is 12.4. The molecule has 1 aliphatic carbocycles. The number of amides is 1. The fraction of sp³-hybridized carbons (Fsp3) is 0.786. The highest BCUT2D eigenvalue weighted by atomic mass is 16.2. The number of rotatable bonds is 5. The van der Waals surface area contributed by atoms with Crippen LogP contribution in [0.3, 0.4) is 0 Å². The maximum Gasteiger partial charge on any atom is 0.293 e. The number of aromatic amines is 1. The lowest BCUT2D eigenvalue weighted by Gasteiger charge is -2.20. The highest BCUT2D eigenvalue weighted by Crippen LogP contribution is 2.30. The Morgan fingerprint density at radius 1 is 1.42 bits per heavy atom. The normalized spacial score (nSPS) is 15.6. The molecule has 0 radical (unpaired) electrons. The van der Waals surface area contributed by atoms with Gasteiger partial charge in [0.25, 0.3) is 5.91 Å². The van der Waals surface area contributed by atoms with Gasteiger partial charge in [-0.3, -0.25) is 9.89 Å². The Bertz CT molecular complexity index is 443. The number of hydrogen-bond acceptors (Lipinski definition) is 3. The molecule has 0 atom stereocenters. The topological polar surface area (TPSA) is 61.9 Å². The van der Waals surface area contributed by atoms with Gasteiger partial charge in [-0.2, -0.15) is 0 Å². The van der Waals surface area contributed by atoms with E-state index >= 15 is 0 Å². The molecule has 0 saturated heterocycles. The number of aromatic nitrogens is 3. The van der Waals surface area contributed by atoms with E-state index in [1.54, 1.807) is 0 Å². The van der Waals surface area contributed by atoms with Crippen molar-refractivity contribution in [3.63, 3.8) is 0 Å². The average molecular weight is 264 g/mol. The van der Waals surface area contributed by atoms with E-state index in [1.165, 1.54) is 12.8 Å². The van der Waals surface area contributed by atoms with E-state index in [9.17, 15) is 4.79 Å². The quantitative estimate of drug-likeness (QED) is 0.888. The summed E-state index contributed by atoms with van der Waals surface area (Å²) in [4.78, 5) is 18.7. The van der Waals surface area contributed by atoms with E-state index in [0.717, 1.165) is 25.3 Å². The second kappa shape index (κ2) is 5.31. The molecule has 1 N–H and O–H groups in total. The number of carbonyl (C=O) groups excluding carboxylic acids is 1. The predicted molar refractivity (Wildman–Crippen MR) is 74.0 cm³/mol. The third kappa shape index (κ3) is 3.55. The standard InChI is InChI=1S/C14H24N4O/c1-5-8-18(9-10-6-7-10)12(19)11-15-13(17-16-11)14(2,3)4/h10H,5-9H2,1-4H3,(H,15,16,17). The summed E-state index contributed by atoms with van der Waals surface area (Å²) >= 11 is 0. The number of H-pyrrole nitrogens is 1. The highest BCUT2D eigenvalue weighted by molar-refractivity contribution is 5.90. The van der Waals surface area contributed by atoms with Gasteiger partial charge in [-0.1, -0.05) is 27.7 Å². The molecular weight excluding hydrogens is 240 g/mol. The fourth-order valence-corrected chi connectivity index (χ4v) is 1.99. The Balaban J connectivity index is 2.09. The van der Waals surface area contributed by atoms with Crippen LogP contribution in [0.2, 0.25) is 0 Å². The molecule has 1 aromatic rings. The minimum Gasteiger partial charge on any atom is -0.336 e. The summed E-state index contributed by atoms with van der Waals surface area (Å²) in [6.07, 6.45) is 3.46. The van der Waals surface area contributed by atoms with E-state index in [0.29, 0.717) is 11.7 Å². The first-order chi connectivity index (χ1) is 8.91. The summed E-state index contributed by atoms with van der Waals surface area (Å²) in [5.74, 6) is 1.72. The molecule has 19 heavy (non-hydrogen) atoms. The summed E-state index contributed by atoms with van der Waals surface area (Å²) in [5, 5.41) is 6.97. The molecule has 1 fully saturated rings. The SMILES string of the molecule is CCCN(CC1CC1)C(=O)c1n[nH]c(C(C)(C)C)n1. The summed E-state index contributed by atoms with van der Waals surface area (Å²) in [6.45, 7) is 9.88. The van der Waals surface area contributed by atoms with E-state index in [1.807, 2.05) is 4.90 Å². The smallest absolute Gasteiger partial charge is 0.293 e. The first kappa shape index (κ1) is 14.0. The van der Waals surface area contributed by atoms with Gasteiger partial charge in [0.1, 0.15) is 5.82 Å². The molecule has 5 nitrogen and oxygen atoms in total. The van der Waals surface area contributed by atoms with Gasteiger partial charge >= 0.3 is 0 Å². The molecule has 0 aliphatic heterocycles. The molecule has 1 aliphatic rings. The van der Waals surface area contributed by atoms with Gasteiger partial charge in [0.2, 0.25) is 5.82 Å². The third-order valence-electron chi connectivity index (χ3n) is 3.34. The molecular formula is C14H24N4O. The van der Waals surface area contributed by atoms with Gasteiger partial charge < -0.3 is 4.90 Å². The highest BCUT2D eigenvalue weighted by Gasteiger charge is 2.29. The molecule has 1 amide bonds. The van der Waals surface area contributed by atoms with Gasteiger partial charge in [0.15, 0.2) is 0 Å². The minimum absolute atomic E-state index is 0.0412. The monoisotopic (exact) mass is 264 g/mol. The van der Waals surface area contributed by atoms with Crippen molar-refractivity contribution in [2.24, 2.45) is 5.92 Å². The average Bonchev–Trinajstić information content (AvgIpc) is 2.99. The van der Waals surface area contributed by atoms with Crippen molar-refractivity contribution >= 4 is 5.91 Å². The largest absolute Gasteiger partial charge is 0.336 e. The van der Waals surface area contributed by atoms with Crippen molar-refractivity contribution in [1.82, 2.24) is 20.1 Å². The molecule has 106 valence electrons. The van der Waals surface area contributed by atoms with Crippen LogP contribution in [-0.2, 0) is 5.41 Å². The molecule has 0 aromatic carbocycles. The van der Waals surface area contributed by atoms with Crippen LogP contribution in [0.25, 0.3) is 0 Å². The van der Waals surface area contributed by atoms with Crippen molar-refractivity contribution in [2.75, 3.05) is 13.1 Å². The van der Waals surface area contributed by atoms with E-state index in [-0.39, 0.29) is 11.3 Å². The van der Waals surface area contributed by atoms with Gasteiger partial charge in [-0.15, -0.1) is 5.10 Å². The molecule has 1 saturated carbocycles. The van der Waals surface area contributed by atoms with Crippen LogP contribution in [0.15, 0.2) is 0 Å². The van der Waals surface area contributed by atoms with Crippen LogP contribution in [0.5, 0.6) is 0 Å². The van der Waals surface area contributed by atoms with Crippen LogP contribution in [0.4, 0.5) is 0 Å². The second-order valence-electron chi connectivity index (χ2n) is 6.45. The molecule has 0 unspecified atom stereocenters. The Labute approximate surface area is 114 Å². The molecule has 0 bridgehead atoms. The van der Waals surface area contributed by atoms with Gasteiger partial charge in [0, 0.05) is 18.5 Å². The Hall–Kier alpha value is -1.39. The number of hydrogen-bond donors (Lipinski definition) is 1. The fourth-order valence-electron chi connectivity index (χ4n) is 1.99. The molecule has 1 aromatic heterocycles. The summed E-state index contributed by atoms with van der Waals surface area (Å²) in [7, 11) is 0. The zero-order valence-electron chi connectivity index (χ0n) is 12.4. The van der Waals surface area contributed by atoms with Crippen molar-refractivity contribution < 1.29 is 4.79 Å². The van der Waals surface area contributed by atoms with Gasteiger partial charge in [-0.05, 0) is 25.2 Å². The molecule has 1 heterocycles. The van der Waals surface area contributed by atoms with Crippen LogP contribution in [0, 0.1) is 5.92 Å². The number of carbonyl (C=O) groups is 1. The van der Waals surface area contributed by atoms with Crippen molar-refractivity contribution in [3.8, 4) is 0 Å². The van der Waals surface area contributed by atoms with Crippen LogP contribution in [0.1, 0.15) is 63.4 Å². The van der Waals surface area contributed by atoms with Crippen LogP contribution >= 0.6 is 0 Å². The summed E-state index contributed by atoms with van der Waals surface area (Å²) in [5.41, 5.74) is -0.113. The minimum atomic E-state index is -0.113. The van der Waals surface area contributed by atoms with Crippen molar-refractivity contribution in [1.29, 1.82) is 0 Å². The Morgan fingerprint density at radius 2 is 2.11 bits per heavy atom. The van der Waals surface area contributed by atoms with E-state index in [4.69, 9.17) is 0 Å². The summed E-state index contributed by atoms with van der Waals surface area (Å²) < 4.78 is 0. The molecule has 0 spiro atoms. The second-order valence-corrected chi connectivity index (χ2v) is 6.45. The first-order valence-corrected chi connectivity index (χ1v) is 7.14. The van der Waals surface area contributed by atoms with E-state index in [2.05, 4.69) is 42.9 Å². The third-order valence-corrected chi connectivity index (χ3v) is 3.34. The van der Waals surface area contributed by atoms with Crippen LogP contribution in [-0.4, -0.2) is 39.1 Å². The maximum absolute atomic E-state index is 12.4. The van der Waals surface area contributed by atoms with Gasteiger partial charge in [-0.25, -0.2) is 4.98 Å². The lowest BCUT2D eigenvalue weighted by molar-refractivity contribution is 0.0735. The Morgan fingerprint density at radius 3 is 2.58 bits per heavy atom. The maximum atomic E-state index is 12.4. The summed E-state index contributed by atoms with van der Waals surface area (Å²) in [6, 6.07) is 0. The van der Waals surface area contributed by atoms with Crippen molar-refractivity contribution in [3.05, 3.63) is 11.6 Å². The van der Waals surface area contributed by atoms with Crippen molar-refractivity contribution in [2.45, 2.75) is 52.4 Å². The predicted octanol–water partition coefficient (Wildman–Crippen LogP) is 2.36. The van der Waals surface area contributed by atoms with E-state index < -0.39 is 0 Å². The lowest BCUT2D eigenvalue weighted by Crippen LogP contribution is -2.34. The number of nitrogens with one attached hydrogen (secondary N) is 1. The molecule has 2 rings (SSSR count). The van der Waals surface area contributed by atoms with Crippen LogP contribution < -0.4 is 0 Å². The Kier molecular flexibility index (Phi) is 3.92.